The summed E-state index contributed by atoms with van der Waals surface area (Å²) in [6, 6.07) is 6.11. The van der Waals surface area contributed by atoms with Crippen LogP contribution in [0.15, 0.2) is 24.3 Å². The summed E-state index contributed by atoms with van der Waals surface area (Å²) >= 11 is 0. The van der Waals surface area contributed by atoms with Gasteiger partial charge in [0.15, 0.2) is 0 Å². The Kier molecular flexibility index (Phi) is 4.74. The van der Waals surface area contributed by atoms with Gasteiger partial charge in [-0.2, -0.15) is 0 Å². The molecule has 4 nitrogen and oxygen atoms in total. The Bertz CT molecular complexity index is 619. The van der Waals surface area contributed by atoms with Gasteiger partial charge in [-0.05, 0) is 57.8 Å². The fourth-order valence-corrected chi connectivity index (χ4v) is 2.58. The minimum atomic E-state index is -0.404. The molecule has 0 spiro atoms. The molecule has 0 atom stereocenters. The summed E-state index contributed by atoms with van der Waals surface area (Å²) in [6.45, 7) is 10.1. The van der Waals surface area contributed by atoms with E-state index >= 15 is 0 Å². The third-order valence-corrected chi connectivity index (χ3v) is 4.77. The summed E-state index contributed by atoms with van der Waals surface area (Å²) in [5.74, 6) is 0. The van der Waals surface area contributed by atoms with E-state index in [1.807, 2.05) is 71.8 Å². The number of anilines is 1. The molecule has 5 heteroatoms. The molecular formula is C18H26BNO3. The molecule has 1 aliphatic rings. The van der Waals surface area contributed by atoms with Crippen molar-refractivity contribution in [1.82, 2.24) is 0 Å². The molecule has 124 valence electrons. The highest BCUT2D eigenvalue weighted by Gasteiger charge is 2.51. The van der Waals surface area contributed by atoms with E-state index in [1.165, 1.54) is 0 Å². The Balaban J connectivity index is 2.45. The molecular weight excluding hydrogens is 289 g/mol. The largest absolute Gasteiger partial charge is 0.494 e. The average Bonchev–Trinajstić information content (AvgIpc) is 2.67. The Morgan fingerprint density at radius 2 is 1.70 bits per heavy atom. The summed E-state index contributed by atoms with van der Waals surface area (Å²) in [5.41, 5.74) is 3.21. The number of hydrogen-bond acceptors (Lipinski definition) is 4. The first-order valence-corrected chi connectivity index (χ1v) is 7.88. The monoisotopic (exact) mass is 315 g/mol. The van der Waals surface area contributed by atoms with Crippen molar-refractivity contribution < 1.29 is 14.1 Å². The number of benzene rings is 1. The van der Waals surface area contributed by atoms with Gasteiger partial charge in [0, 0.05) is 25.3 Å². The van der Waals surface area contributed by atoms with E-state index in [-0.39, 0.29) is 11.2 Å². The molecule has 0 aromatic heterocycles. The van der Waals surface area contributed by atoms with Crippen molar-refractivity contribution in [2.45, 2.75) is 45.8 Å². The van der Waals surface area contributed by atoms with E-state index in [4.69, 9.17) is 9.31 Å². The molecule has 1 aliphatic heterocycles. The van der Waals surface area contributed by atoms with Crippen molar-refractivity contribution in [3.05, 3.63) is 29.8 Å². The zero-order valence-corrected chi connectivity index (χ0v) is 15.1. The molecule has 1 saturated heterocycles. The first-order valence-electron chi connectivity index (χ1n) is 7.88. The zero-order valence-electron chi connectivity index (χ0n) is 15.1. The zero-order chi connectivity index (χ0) is 17.4. The Morgan fingerprint density at radius 1 is 1.13 bits per heavy atom. The molecule has 0 radical (unpaired) electrons. The fourth-order valence-electron chi connectivity index (χ4n) is 2.58. The minimum Gasteiger partial charge on any atom is -0.399 e. The van der Waals surface area contributed by atoms with Crippen LogP contribution < -0.4 is 10.4 Å². The normalized spacial score (nSPS) is 19.8. The molecule has 1 aromatic rings. The lowest BCUT2D eigenvalue weighted by Gasteiger charge is -2.32. The van der Waals surface area contributed by atoms with Crippen LogP contribution in [-0.2, 0) is 14.1 Å². The predicted molar refractivity (Wildman–Crippen MR) is 96.2 cm³/mol. The van der Waals surface area contributed by atoms with Gasteiger partial charge in [0.05, 0.1) is 11.2 Å². The van der Waals surface area contributed by atoms with Crippen molar-refractivity contribution in [2.75, 3.05) is 19.0 Å². The molecule has 0 N–H and O–H groups in total. The van der Waals surface area contributed by atoms with Crippen LogP contribution in [0.5, 0.6) is 0 Å². The molecule has 0 amide bonds. The Hall–Kier alpha value is -1.59. The van der Waals surface area contributed by atoms with Gasteiger partial charge >= 0.3 is 7.12 Å². The topological polar surface area (TPSA) is 38.8 Å². The molecule has 0 aliphatic carbocycles. The van der Waals surface area contributed by atoms with Gasteiger partial charge in [0.1, 0.15) is 6.29 Å². The smallest absolute Gasteiger partial charge is 0.399 e. The van der Waals surface area contributed by atoms with Crippen molar-refractivity contribution in [3.8, 4) is 0 Å². The van der Waals surface area contributed by atoms with Crippen LogP contribution in [0, 0.1) is 0 Å². The minimum absolute atomic E-state index is 0.369. The number of carbonyl (C=O) groups is 1. The maximum Gasteiger partial charge on any atom is 0.494 e. The van der Waals surface area contributed by atoms with E-state index in [0.717, 1.165) is 28.6 Å². The molecule has 0 bridgehead atoms. The van der Waals surface area contributed by atoms with Crippen LogP contribution in [0.1, 0.15) is 40.2 Å². The van der Waals surface area contributed by atoms with Gasteiger partial charge in [-0.15, -0.1) is 0 Å². The Labute approximate surface area is 139 Å². The molecule has 1 fully saturated rings. The van der Waals surface area contributed by atoms with Gasteiger partial charge in [0.25, 0.3) is 0 Å². The van der Waals surface area contributed by atoms with Crippen molar-refractivity contribution >= 4 is 30.1 Å². The van der Waals surface area contributed by atoms with Gasteiger partial charge in [-0.25, -0.2) is 0 Å². The molecule has 0 unspecified atom stereocenters. The first-order chi connectivity index (χ1) is 10.6. The maximum absolute atomic E-state index is 10.8. The van der Waals surface area contributed by atoms with E-state index < -0.39 is 7.12 Å². The molecule has 1 aromatic carbocycles. The average molecular weight is 315 g/mol. The predicted octanol–water partition coefficient (Wildman–Crippen LogP) is 2.65. The second-order valence-electron chi connectivity index (χ2n) is 7.25. The highest BCUT2D eigenvalue weighted by Crippen LogP contribution is 2.37. The van der Waals surface area contributed by atoms with Crippen molar-refractivity contribution in [1.29, 1.82) is 0 Å². The van der Waals surface area contributed by atoms with E-state index in [0.29, 0.717) is 0 Å². The third-order valence-electron chi connectivity index (χ3n) is 4.77. The lowest BCUT2D eigenvalue weighted by molar-refractivity contribution is -0.104. The van der Waals surface area contributed by atoms with Gasteiger partial charge in [-0.3, -0.25) is 4.79 Å². The van der Waals surface area contributed by atoms with Crippen LogP contribution in [0.3, 0.4) is 0 Å². The highest BCUT2D eigenvalue weighted by molar-refractivity contribution is 6.62. The highest BCUT2D eigenvalue weighted by atomic mass is 16.7. The summed E-state index contributed by atoms with van der Waals surface area (Å²) in [5, 5.41) is 0. The molecule has 2 rings (SSSR count). The number of hydrogen-bond donors (Lipinski definition) is 0. The SMILES string of the molecule is C/C(=C/C=O)c1cc(B2OC(C)(C)C(C)(C)O2)ccc1N(C)C. The molecule has 0 saturated carbocycles. The number of rotatable bonds is 4. The number of nitrogens with zero attached hydrogens (tertiary/aromatic N) is 1. The van der Waals surface area contributed by atoms with Gasteiger partial charge in [-0.1, -0.05) is 12.1 Å². The molecule has 1 heterocycles. The summed E-state index contributed by atoms with van der Waals surface area (Å²) < 4.78 is 12.2. The summed E-state index contributed by atoms with van der Waals surface area (Å²) in [6.07, 6.45) is 2.40. The van der Waals surface area contributed by atoms with Crippen molar-refractivity contribution in [3.63, 3.8) is 0 Å². The van der Waals surface area contributed by atoms with Gasteiger partial charge < -0.3 is 14.2 Å². The fraction of sp³-hybridized carbons (Fsp3) is 0.500. The lowest BCUT2D eigenvalue weighted by Crippen LogP contribution is -2.41. The van der Waals surface area contributed by atoms with Crippen LogP contribution in [-0.4, -0.2) is 38.7 Å². The second-order valence-corrected chi connectivity index (χ2v) is 7.25. The summed E-state index contributed by atoms with van der Waals surface area (Å²) in [7, 11) is 3.57. The van der Waals surface area contributed by atoms with Crippen LogP contribution >= 0.6 is 0 Å². The van der Waals surface area contributed by atoms with E-state index in [1.54, 1.807) is 6.08 Å². The van der Waals surface area contributed by atoms with E-state index in [2.05, 4.69) is 0 Å². The standard InChI is InChI=1S/C18H26BNO3/c1-13(10-11-21)15-12-14(8-9-16(15)20(6)7)19-22-17(2,3)18(4,5)23-19/h8-12H,1-7H3/b13-10-. The quantitative estimate of drug-likeness (QED) is 0.486. The number of allylic oxidation sites excluding steroid dienone is 2. The summed E-state index contributed by atoms with van der Waals surface area (Å²) in [4.78, 5) is 12.9. The van der Waals surface area contributed by atoms with Gasteiger partial charge in [0.2, 0.25) is 0 Å². The van der Waals surface area contributed by atoms with E-state index in [9.17, 15) is 4.79 Å². The third kappa shape index (κ3) is 3.36. The van der Waals surface area contributed by atoms with Crippen LogP contribution in [0.2, 0.25) is 0 Å². The van der Waals surface area contributed by atoms with Crippen molar-refractivity contribution in [2.24, 2.45) is 0 Å². The van der Waals surface area contributed by atoms with Crippen LogP contribution in [0.25, 0.3) is 5.57 Å². The van der Waals surface area contributed by atoms with Crippen LogP contribution in [0.4, 0.5) is 5.69 Å². The maximum atomic E-state index is 10.8. The lowest BCUT2D eigenvalue weighted by atomic mass is 9.77. The Morgan fingerprint density at radius 3 is 2.17 bits per heavy atom. The molecule has 23 heavy (non-hydrogen) atoms. The second kappa shape index (κ2) is 6.14. The number of aldehydes is 1. The first kappa shape index (κ1) is 17.8. The number of carbonyl (C=O) groups excluding carboxylic acids is 1.